The number of hydrogen-bond donors (Lipinski definition) is 3. The average molecular weight is 316 g/mol. The van der Waals surface area contributed by atoms with E-state index in [9.17, 15) is 18.0 Å². The number of ether oxygens (including phenoxy) is 1. The number of carbonyl (C=O) groups is 2. The van der Waals surface area contributed by atoms with E-state index in [1.807, 2.05) is 4.72 Å². The molecule has 0 fully saturated rings. The van der Waals surface area contributed by atoms with Crippen LogP contribution < -0.4 is 9.44 Å². The molecule has 1 amide bonds. The monoisotopic (exact) mass is 316 g/mol. The second kappa shape index (κ2) is 7.04. The molecule has 0 aromatic heterocycles. The predicted octanol–water partition coefficient (Wildman–Crippen LogP) is 0.781. The molecule has 1 aromatic rings. The van der Waals surface area contributed by atoms with Crippen LogP contribution in [0.15, 0.2) is 30.3 Å². The third kappa shape index (κ3) is 5.79. The number of hydrogen-bond acceptors (Lipinski definition) is 5. The zero-order chi connectivity index (χ0) is 16.0. The Labute approximate surface area is 122 Å². The Hall–Kier alpha value is -2.13. The first kappa shape index (κ1) is 16.9. The fraction of sp³-hybridized carbons (Fsp3) is 0.333. The molecular weight excluding hydrogens is 300 g/mol. The van der Waals surface area contributed by atoms with Crippen LogP contribution >= 0.6 is 0 Å². The SMILES string of the molecule is CC(C)OC(=O)NS(=O)(=O)NC(C(=O)O)c1ccccc1. The van der Waals surface area contributed by atoms with Crippen molar-refractivity contribution in [3.63, 3.8) is 0 Å². The number of aliphatic carboxylic acids is 1. The third-order valence-corrected chi connectivity index (χ3v) is 3.19. The predicted molar refractivity (Wildman–Crippen MR) is 73.6 cm³/mol. The second-order valence-corrected chi connectivity index (χ2v) is 5.81. The number of nitrogens with one attached hydrogen (secondary N) is 2. The maximum Gasteiger partial charge on any atom is 0.422 e. The van der Waals surface area contributed by atoms with Gasteiger partial charge in [0, 0.05) is 0 Å². The van der Waals surface area contributed by atoms with E-state index in [1.54, 1.807) is 36.8 Å². The summed E-state index contributed by atoms with van der Waals surface area (Å²) < 4.78 is 31.5. The molecule has 1 unspecified atom stereocenters. The molecule has 0 heterocycles. The average Bonchev–Trinajstić information content (AvgIpc) is 2.35. The minimum absolute atomic E-state index is 0.229. The van der Waals surface area contributed by atoms with E-state index in [2.05, 4.69) is 4.74 Å². The summed E-state index contributed by atoms with van der Waals surface area (Å²) in [6.45, 7) is 3.09. The lowest BCUT2D eigenvalue weighted by molar-refractivity contribution is -0.139. The van der Waals surface area contributed by atoms with Crippen molar-refractivity contribution in [1.82, 2.24) is 9.44 Å². The molecule has 0 radical (unpaired) electrons. The van der Waals surface area contributed by atoms with Gasteiger partial charge in [0.25, 0.3) is 0 Å². The molecule has 21 heavy (non-hydrogen) atoms. The summed E-state index contributed by atoms with van der Waals surface area (Å²) in [5, 5.41) is 9.10. The highest BCUT2D eigenvalue weighted by molar-refractivity contribution is 7.88. The second-order valence-electron chi connectivity index (χ2n) is 4.36. The number of carboxylic acids is 1. The van der Waals surface area contributed by atoms with Crippen LogP contribution in [0.4, 0.5) is 4.79 Å². The molecular formula is C12H16N2O6S. The van der Waals surface area contributed by atoms with Gasteiger partial charge in [0.1, 0.15) is 6.04 Å². The smallest absolute Gasteiger partial charge is 0.422 e. The van der Waals surface area contributed by atoms with E-state index >= 15 is 0 Å². The maximum atomic E-state index is 11.7. The van der Waals surface area contributed by atoms with E-state index < -0.39 is 34.4 Å². The van der Waals surface area contributed by atoms with Gasteiger partial charge in [-0.15, -0.1) is 0 Å². The quantitative estimate of drug-likeness (QED) is 0.713. The molecule has 1 aromatic carbocycles. The van der Waals surface area contributed by atoms with Crippen molar-refractivity contribution in [2.45, 2.75) is 26.0 Å². The molecule has 0 aliphatic heterocycles. The molecule has 0 aliphatic carbocycles. The molecule has 9 heteroatoms. The largest absolute Gasteiger partial charge is 0.480 e. The van der Waals surface area contributed by atoms with Gasteiger partial charge in [0.2, 0.25) is 0 Å². The summed E-state index contributed by atoms with van der Waals surface area (Å²) in [4.78, 5) is 22.4. The first-order valence-electron chi connectivity index (χ1n) is 5.99. The Kier molecular flexibility index (Phi) is 5.68. The minimum Gasteiger partial charge on any atom is -0.480 e. The van der Waals surface area contributed by atoms with Gasteiger partial charge in [-0.2, -0.15) is 13.1 Å². The van der Waals surface area contributed by atoms with Crippen LogP contribution in [0.2, 0.25) is 0 Å². The molecule has 116 valence electrons. The summed E-state index contributed by atoms with van der Waals surface area (Å²) >= 11 is 0. The van der Waals surface area contributed by atoms with Crippen LogP contribution in [-0.4, -0.2) is 31.7 Å². The summed E-state index contributed by atoms with van der Waals surface area (Å²) in [7, 11) is -4.37. The summed E-state index contributed by atoms with van der Waals surface area (Å²) in [5.41, 5.74) is 0.229. The molecule has 1 atom stereocenters. The van der Waals surface area contributed by atoms with Crippen LogP contribution in [0.1, 0.15) is 25.5 Å². The highest BCUT2D eigenvalue weighted by Gasteiger charge is 2.27. The Morgan fingerprint density at radius 3 is 2.24 bits per heavy atom. The lowest BCUT2D eigenvalue weighted by Crippen LogP contribution is -2.44. The molecule has 0 saturated heterocycles. The first-order chi connectivity index (χ1) is 9.71. The normalized spacial score (nSPS) is 12.7. The van der Waals surface area contributed by atoms with Gasteiger partial charge in [0.15, 0.2) is 0 Å². The van der Waals surface area contributed by atoms with Gasteiger partial charge in [-0.3, -0.25) is 4.79 Å². The van der Waals surface area contributed by atoms with Gasteiger partial charge in [-0.1, -0.05) is 30.3 Å². The van der Waals surface area contributed by atoms with Crippen molar-refractivity contribution < 1.29 is 27.9 Å². The van der Waals surface area contributed by atoms with E-state index in [-0.39, 0.29) is 5.56 Å². The molecule has 0 saturated carbocycles. The van der Waals surface area contributed by atoms with Crippen LogP contribution in [-0.2, 0) is 19.7 Å². The van der Waals surface area contributed by atoms with Gasteiger partial charge in [0.05, 0.1) is 6.10 Å². The van der Waals surface area contributed by atoms with Crippen molar-refractivity contribution in [2.24, 2.45) is 0 Å². The van der Waals surface area contributed by atoms with E-state index in [0.717, 1.165) is 0 Å². The number of carboxylic acid groups (broad SMARTS) is 1. The third-order valence-electron chi connectivity index (χ3n) is 2.21. The highest BCUT2D eigenvalue weighted by Crippen LogP contribution is 2.13. The zero-order valence-corrected chi connectivity index (χ0v) is 12.3. The fourth-order valence-corrected chi connectivity index (χ4v) is 2.31. The summed E-state index contributed by atoms with van der Waals surface area (Å²) in [6.07, 6.45) is -1.70. The van der Waals surface area contributed by atoms with Crippen LogP contribution in [0, 0.1) is 0 Å². The van der Waals surface area contributed by atoms with Crippen molar-refractivity contribution in [3.05, 3.63) is 35.9 Å². The number of rotatable bonds is 6. The Morgan fingerprint density at radius 2 is 1.76 bits per heavy atom. The molecule has 0 aliphatic rings. The van der Waals surface area contributed by atoms with E-state index in [0.29, 0.717) is 0 Å². The van der Waals surface area contributed by atoms with Crippen LogP contribution in [0.25, 0.3) is 0 Å². The first-order valence-corrected chi connectivity index (χ1v) is 7.48. The Bertz CT molecular complexity index is 599. The van der Waals surface area contributed by atoms with Crippen LogP contribution in [0.5, 0.6) is 0 Å². The van der Waals surface area contributed by atoms with E-state index in [1.165, 1.54) is 12.1 Å². The van der Waals surface area contributed by atoms with Crippen molar-refractivity contribution in [2.75, 3.05) is 0 Å². The van der Waals surface area contributed by atoms with Crippen LogP contribution in [0.3, 0.4) is 0 Å². The lowest BCUT2D eigenvalue weighted by atomic mass is 10.1. The highest BCUT2D eigenvalue weighted by atomic mass is 32.2. The fourth-order valence-electron chi connectivity index (χ4n) is 1.44. The van der Waals surface area contributed by atoms with Gasteiger partial charge in [-0.05, 0) is 19.4 Å². The molecule has 0 bridgehead atoms. The number of amides is 1. The Balaban J connectivity index is 2.84. The molecule has 0 spiro atoms. The molecule has 8 nitrogen and oxygen atoms in total. The van der Waals surface area contributed by atoms with Gasteiger partial charge in [-0.25, -0.2) is 9.52 Å². The van der Waals surface area contributed by atoms with Gasteiger partial charge < -0.3 is 9.84 Å². The number of carbonyl (C=O) groups excluding carboxylic acids is 1. The van der Waals surface area contributed by atoms with Crippen molar-refractivity contribution >= 4 is 22.3 Å². The summed E-state index contributed by atoms with van der Waals surface area (Å²) in [5.74, 6) is -1.40. The van der Waals surface area contributed by atoms with Crippen molar-refractivity contribution in [1.29, 1.82) is 0 Å². The maximum absolute atomic E-state index is 11.7. The Morgan fingerprint density at radius 1 is 1.19 bits per heavy atom. The van der Waals surface area contributed by atoms with Crippen molar-refractivity contribution in [3.8, 4) is 0 Å². The zero-order valence-electron chi connectivity index (χ0n) is 11.4. The van der Waals surface area contributed by atoms with E-state index in [4.69, 9.17) is 5.11 Å². The molecule has 3 N–H and O–H groups in total. The lowest BCUT2D eigenvalue weighted by Gasteiger charge is -2.16. The van der Waals surface area contributed by atoms with Gasteiger partial charge >= 0.3 is 22.3 Å². The molecule has 1 rings (SSSR count). The minimum atomic E-state index is -4.37. The number of benzene rings is 1. The standard InChI is InChI=1S/C12H16N2O6S/c1-8(2)20-12(17)14-21(18,19)13-10(11(15)16)9-6-4-3-5-7-9/h3-8,10,13H,1-2H3,(H,14,17)(H,15,16). The topological polar surface area (TPSA) is 122 Å². The summed E-state index contributed by atoms with van der Waals surface area (Å²) in [6, 6.07) is 6.19.